The van der Waals surface area contributed by atoms with Gasteiger partial charge in [0.1, 0.15) is 12.3 Å². The van der Waals surface area contributed by atoms with Crippen LogP contribution < -0.4 is 14.4 Å². The Kier molecular flexibility index (Phi) is 7.31. The van der Waals surface area contributed by atoms with Gasteiger partial charge < -0.3 is 10.1 Å². The number of para-hydroxylation sites is 1. The molecular formula is C24H26N2O4S. The highest BCUT2D eigenvalue weighted by molar-refractivity contribution is 7.92. The summed E-state index contributed by atoms with van der Waals surface area (Å²) in [6, 6.07) is 22.6. The van der Waals surface area contributed by atoms with Gasteiger partial charge in [0.15, 0.2) is 0 Å². The van der Waals surface area contributed by atoms with Gasteiger partial charge >= 0.3 is 0 Å². The number of benzene rings is 3. The lowest BCUT2D eigenvalue weighted by molar-refractivity contribution is -0.119. The third kappa shape index (κ3) is 5.86. The van der Waals surface area contributed by atoms with Crippen LogP contribution in [0.4, 0.5) is 5.69 Å². The molecule has 0 heterocycles. The smallest absolute Gasteiger partial charge is 0.264 e. The Morgan fingerprint density at radius 2 is 1.58 bits per heavy atom. The number of amides is 1. The summed E-state index contributed by atoms with van der Waals surface area (Å²) in [5.74, 6) is 0.366. The molecule has 0 fully saturated rings. The van der Waals surface area contributed by atoms with Gasteiger partial charge in [-0.2, -0.15) is 0 Å². The van der Waals surface area contributed by atoms with E-state index in [0.717, 1.165) is 21.2 Å². The summed E-state index contributed by atoms with van der Waals surface area (Å²) in [5, 5.41) is 2.80. The maximum Gasteiger partial charge on any atom is 0.264 e. The van der Waals surface area contributed by atoms with Gasteiger partial charge in [-0.1, -0.05) is 48.0 Å². The van der Waals surface area contributed by atoms with E-state index in [1.165, 1.54) is 0 Å². The Morgan fingerprint density at radius 1 is 0.935 bits per heavy atom. The van der Waals surface area contributed by atoms with Gasteiger partial charge in [-0.05, 0) is 55.8 Å². The number of nitrogens with zero attached hydrogens (tertiary/aromatic N) is 1. The quantitative estimate of drug-likeness (QED) is 0.550. The lowest BCUT2D eigenvalue weighted by atomic mass is 10.2. The van der Waals surface area contributed by atoms with Crippen LogP contribution in [0.1, 0.15) is 18.1 Å². The third-order valence-corrected chi connectivity index (χ3v) is 6.45. The molecule has 1 amide bonds. The van der Waals surface area contributed by atoms with Crippen LogP contribution in [-0.2, 0) is 21.4 Å². The van der Waals surface area contributed by atoms with Crippen molar-refractivity contribution in [2.24, 2.45) is 0 Å². The Balaban J connectivity index is 1.76. The minimum atomic E-state index is -3.90. The molecule has 0 aliphatic rings. The van der Waals surface area contributed by atoms with Crippen molar-refractivity contribution in [3.63, 3.8) is 0 Å². The molecule has 3 aromatic rings. The molecule has 0 aromatic heterocycles. The molecule has 0 radical (unpaired) electrons. The Labute approximate surface area is 183 Å². The molecule has 1 N–H and O–H groups in total. The van der Waals surface area contributed by atoms with Crippen molar-refractivity contribution in [1.29, 1.82) is 0 Å². The van der Waals surface area contributed by atoms with Crippen molar-refractivity contribution in [2.75, 3.05) is 17.5 Å². The molecule has 6 nitrogen and oxygen atoms in total. The summed E-state index contributed by atoms with van der Waals surface area (Å²) in [7, 11) is -3.90. The van der Waals surface area contributed by atoms with Gasteiger partial charge in [0.25, 0.3) is 10.0 Å². The first-order chi connectivity index (χ1) is 14.9. The predicted molar refractivity (Wildman–Crippen MR) is 122 cm³/mol. The molecule has 162 valence electrons. The number of carbonyl (C=O) groups excluding carboxylic acids is 1. The summed E-state index contributed by atoms with van der Waals surface area (Å²) in [6.07, 6.45) is 0. The summed E-state index contributed by atoms with van der Waals surface area (Å²) >= 11 is 0. The van der Waals surface area contributed by atoms with Gasteiger partial charge in [-0.3, -0.25) is 9.10 Å². The summed E-state index contributed by atoms with van der Waals surface area (Å²) < 4.78 is 33.1. The molecule has 0 bridgehead atoms. The van der Waals surface area contributed by atoms with E-state index in [1.807, 2.05) is 38.1 Å². The summed E-state index contributed by atoms with van der Waals surface area (Å²) in [6.45, 7) is 4.35. The van der Waals surface area contributed by atoms with Crippen molar-refractivity contribution >= 4 is 21.6 Å². The van der Waals surface area contributed by atoms with Crippen LogP contribution in [0.3, 0.4) is 0 Å². The van der Waals surface area contributed by atoms with Crippen molar-refractivity contribution in [2.45, 2.75) is 25.3 Å². The van der Waals surface area contributed by atoms with Crippen LogP contribution in [0, 0.1) is 6.92 Å². The SMILES string of the molecule is CCOc1ccc(CNC(=O)CN(c2ccccc2)S(=O)(=O)c2ccc(C)cc2)cc1. The molecule has 0 saturated carbocycles. The highest BCUT2D eigenvalue weighted by atomic mass is 32.2. The monoisotopic (exact) mass is 438 g/mol. The zero-order valence-electron chi connectivity index (χ0n) is 17.6. The average molecular weight is 439 g/mol. The first kappa shape index (κ1) is 22.4. The second-order valence-electron chi connectivity index (χ2n) is 7.01. The molecule has 7 heteroatoms. The number of rotatable bonds is 9. The third-order valence-electron chi connectivity index (χ3n) is 4.66. The first-order valence-corrected chi connectivity index (χ1v) is 11.5. The highest BCUT2D eigenvalue weighted by Gasteiger charge is 2.27. The first-order valence-electron chi connectivity index (χ1n) is 10.0. The minimum absolute atomic E-state index is 0.140. The number of hydrogen-bond donors (Lipinski definition) is 1. The van der Waals surface area contributed by atoms with E-state index in [9.17, 15) is 13.2 Å². The lowest BCUT2D eigenvalue weighted by Gasteiger charge is -2.24. The Morgan fingerprint density at radius 3 is 2.19 bits per heavy atom. The maximum atomic E-state index is 13.3. The van der Waals surface area contributed by atoms with E-state index in [-0.39, 0.29) is 11.4 Å². The fraction of sp³-hybridized carbons (Fsp3) is 0.208. The van der Waals surface area contributed by atoms with E-state index >= 15 is 0 Å². The van der Waals surface area contributed by atoms with Crippen molar-refractivity contribution in [3.8, 4) is 5.75 Å². The number of nitrogens with one attached hydrogen (secondary N) is 1. The topological polar surface area (TPSA) is 75.7 Å². The van der Waals surface area contributed by atoms with Crippen molar-refractivity contribution in [3.05, 3.63) is 90.0 Å². The normalized spacial score (nSPS) is 11.0. The second-order valence-corrected chi connectivity index (χ2v) is 8.88. The van der Waals surface area contributed by atoms with Crippen molar-refractivity contribution in [1.82, 2.24) is 5.32 Å². The fourth-order valence-corrected chi connectivity index (χ4v) is 4.42. The number of carbonyl (C=O) groups is 1. The van der Waals surface area contributed by atoms with Gasteiger partial charge in [0, 0.05) is 6.54 Å². The Bertz CT molecular complexity index is 1100. The Hall–Kier alpha value is -3.32. The van der Waals surface area contributed by atoms with E-state index in [4.69, 9.17) is 4.74 Å². The highest BCUT2D eigenvalue weighted by Crippen LogP contribution is 2.23. The van der Waals surface area contributed by atoms with Crippen LogP contribution in [0.2, 0.25) is 0 Å². The zero-order valence-corrected chi connectivity index (χ0v) is 18.4. The van der Waals surface area contributed by atoms with Crippen LogP contribution >= 0.6 is 0 Å². The largest absolute Gasteiger partial charge is 0.494 e. The van der Waals surface area contributed by atoms with Crippen LogP contribution in [0.15, 0.2) is 83.8 Å². The molecule has 3 aromatic carbocycles. The number of ether oxygens (including phenoxy) is 1. The van der Waals surface area contributed by atoms with E-state index in [0.29, 0.717) is 18.8 Å². The molecule has 0 spiro atoms. The minimum Gasteiger partial charge on any atom is -0.494 e. The van der Waals surface area contributed by atoms with E-state index in [2.05, 4.69) is 5.32 Å². The molecule has 0 unspecified atom stereocenters. The molecule has 0 saturated heterocycles. The van der Waals surface area contributed by atoms with Crippen LogP contribution in [-0.4, -0.2) is 27.5 Å². The molecule has 0 aliphatic heterocycles. The molecule has 31 heavy (non-hydrogen) atoms. The van der Waals surface area contributed by atoms with Gasteiger partial charge in [-0.15, -0.1) is 0 Å². The van der Waals surface area contributed by atoms with E-state index < -0.39 is 15.9 Å². The molecule has 0 atom stereocenters. The van der Waals surface area contributed by atoms with Crippen molar-refractivity contribution < 1.29 is 17.9 Å². The maximum absolute atomic E-state index is 13.3. The zero-order chi connectivity index (χ0) is 22.3. The number of hydrogen-bond acceptors (Lipinski definition) is 4. The molecule has 0 aliphatic carbocycles. The number of anilines is 1. The lowest BCUT2D eigenvalue weighted by Crippen LogP contribution is -2.40. The summed E-state index contributed by atoms with van der Waals surface area (Å²) in [4.78, 5) is 12.8. The van der Waals surface area contributed by atoms with Crippen LogP contribution in [0.25, 0.3) is 0 Å². The number of aryl methyl sites for hydroxylation is 1. The number of sulfonamides is 1. The summed E-state index contributed by atoms with van der Waals surface area (Å²) in [5.41, 5.74) is 2.28. The van der Waals surface area contributed by atoms with Gasteiger partial charge in [-0.25, -0.2) is 8.42 Å². The average Bonchev–Trinajstić information content (AvgIpc) is 2.78. The van der Waals surface area contributed by atoms with Gasteiger partial charge in [0.05, 0.1) is 17.2 Å². The van der Waals surface area contributed by atoms with Crippen LogP contribution in [0.5, 0.6) is 5.75 Å². The van der Waals surface area contributed by atoms with E-state index in [1.54, 1.807) is 54.6 Å². The molecular weight excluding hydrogens is 412 g/mol. The standard InChI is InChI=1S/C24H26N2O4S/c1-3-30-22-13-11-20(12-14-22)17-25-24(27)18-26(21-7-5-4-6-8-21)31(28,29)23-15-9-19(2)10-16-23/h4-16H,3,17-18H2,1-2H3,(H,25,27). The molecule has 3 rings (SSSR count). The second kappa shape index (κ2) is 10.1. The van der Waals surface area contributed by atoms with Gasteiger partial charge in [0.2, 0.25) is 5.91 Å². The predicted octanol–water partition coefficient (Wildman–Crippen LogP) is 3.91. The fourth-order valence-electron chi connectivity index (χ4n) is 3.00.